The van der Waals surface area contributed by atoms with Gasteiger partial charge in [-0.2, -0.15) is 0 Å². The summed E-state index contributed by atoms with van der Waals surface area (Å²) in [5.74, 6) is -0.132. The van der Waals surface area contributed by atoms with E-state index in [9.17, 15) is 4.79 Å². The predicted molar refractivity (Wildman–Crippen MR) is 80.0 cm³/mol. The summed E-state index contributed by atoms with van der Waals surface area (Å²) in [6, 6.07) is 6.95. The number of benzene rings is 1. The van der Waals surface area contributed by atoms with Crippen molar-refractivity contribution in [1.82, 2.24) is 4.57 Å². The fourth-order valence-corrected chi connectivity index (χ4v) is 3.45. The van der Waals surface area contributed by atoms with E-state index in [1.165, 1.54) is 28.6 Å². The van der Waals surface area contributed by atoms with E-state index in [1.807, 2.05) is 6.92 Å². The second-order valence-corrected chi connectivity index (χ2v) is 5.62. The van der Waals surface area contributed by atoms with Gasteiger partial charge in [-0.3, -0.25) is 4.79 Å². The van der Waals surface area contributed by atoms with E-state index >= 15 is 0 Å². The molecule has 1 aliphatic heterocycles. The van der Waals surface area contributed by atoms with Gasteiger partial charge in [-0.1, -0.05) is 18.2 Å². The van der Waals surface area contributed by atoms with Crippen LogP contribution in [0.2, 0.25) is 0 Å². The number of nitrogens with zero attached hydrogens (tertiary/aromatic N) is 1. The Kier molecular flexibility index (Phi) is 3.28. The van der Waals surface area contributed by atoms with Crippen molar-refractivity contribution in [3.05, 3.63) is 35.0 Å². The maximum Gasteiger partial charge on any atom is 0.310 e. The molecule has 0 bridgehead atoms. The Balaban J connectivity index is 2.17. The monoisotopic (exact) mass is 271 g/mol. The van der Waals surface area contributed by atoms with Crippen molar-refractivity contribution in [2.75, 3.05) is 6.61 Å². The van der Waals surface area contributed by atoms with Gasteiger partial charge in [0.05, 0.1) is 18.5 Å². The Hall–Kier alpha value is -1.77. The van der Waals surface area contributed by atoms with Gasteiger partial charge in [0, 0.05) is 17.1 Å². The van der Waals surface area contributed by atoms with Crippen LogP contribution in [0.15, 0.2) is 18.2 Å². The van der Waals surface area contributed by atoms with Crippen LogP contribution in [0.4, 0.5) is 0 Å². The molecule has 106 valence electrons. The van der Waals surface area contributed by atoms with E-state index in [2.05, 4.69) is 36.6 Å². The van der Waals surface area contributed by atoms with Gasteiger partial charge < -0.3 is 9.30 Å². The van der Waals surface area contributed by atoms with Crippen molar-refractivity contribution in [2.45, 2.75) is 46.1 Å². The highest BCUT2D eigenvalue weighted by atomic mass is 16.5. The average molecular weight is 271 g/mol. The fraction of sp³-hybridized carbons (Fsp3) is 0.471. The molecular weight excluding hydrogens is 250 g/mol. The van der Waals surface area contributed by atoms with E-state index in [0.29, 0.717) is 19.1 Å². The molecule has 1 aliphatic rings. The summed E-state index contributed by atoms with van der Waals surface area (Å²) in [6.45, 7) is 6.68. The molecule has 0 N–H and O–H groups in total. The minimum Gasteiger partial charge on any atom is -0.466 e. The zero-order valence-electron chi connectivity index (χ0n) is 12.4. The summed E-state index contributed by atoms with van der Waals surface area (Å²) in [7, 11) is 0. The van der Waals surface area contributed by atoms with Crippen molar-refractivity contribution in [3.8, 4) is 0 Å². The summed E-state index contributed by atoms with van der Waals surface area (Å²) in [4.78, 5) is 11.9. The van der Waals surface area contributed by atoms with Crippen LogP contribution in [0.1, 0.15) is 43.1 Å². The van der Waals surface area contributed by atoms with Gasteiger partial charge in [0.15, 0.2) is 0 Å². The van der Waals surface area contributed by atoms with E-state index in [4.69, 9.17) is 4.74 Å². The molecule has 1 atom stereocenters. The molecule has 3 rings (SSSR count). The normalized spacial score (nSPS) is 17.4. The number of hydrogen-bond acceptors (Lipinski definition) is 2. The number of hydrogen-bond donors (Lipinski definition) is 0. The SMILES string of the molecule is CCOC(=O)Cc1c(C)n2c3c(cccc13)CCC2C. The Morgan fingerprint density at radius 3 is 3.00 bits per heavy atom. The lowest BCUT2D eigenvalue weighted by atomic mass is 9.99. The third kappa shape index (κ3) is 1.92. The molecule has 1 aromatic heterocycles. The number of esters is 1. The summed E-state index contributed by atoms with van der Waals surface area (Å²) in [6.07, 6.45) is 2.67. The molecule has 1 unspecified atom stereocenters. The predicted octanol–water partition coefficient (Wildman–Crippen LogP) is 3.56. The number of rotatable bonds is 3. The van der Waals surface area contributed by atoms with Gasteiger partial charge in [0.25, 0.3) is 0 Å². The third-order valence-electron chi connectivity index (χ3n) is 4.38. The number of aromatic nitrogens is 1. The molecule has 0 radical (unpaired) electrons. The van der Waals surface area contributed by atoms with Crippen LogP contribution in [-0.2, 0) is 22.4 Å². The minimum absolute atomic E-state index is 0.132. The first-order chi connectivity index (χ1) is 9.63. The van der Waals surface area contributed by atoms with Crippen LogP contribution in [0, 0.1) is 6.92 Å². The molecule has 0 saturated carbocycles. The average Bonchev–Trinajstić information content (AvgIpc) is 2.70. The van der Waals surface area contributed by atoms with E-state index in [1.54, 1.807) is 0 Å². The summed E-state index contributed by atoms with van der Waals surface area (Å²) >= 11 is 0. The smallest absolute Gasteiger partial charge is 0.310 e. The van der Waals surface area contributed by atoms with E-state index in [-0.39, 0.29) is 5.97 Å². The van der Waals surface area contributed by atoms with Gasteiger partial charge >= 0.3 is 5.97 Å². The highest BCUT2D eigenvalue weighted by Gasteiger charge is 2.24. The van der Waals surface area contributed by atoms with Crippen molar-refractivity contribution in [1.29, 1.82) is 0 Å². The van der Waals surface area contributed by atoms with Crippen molar-refractivity contribution in [3.63, 3.8) is 0 Å². The molecule has 0 aliphatic carbocycles. The van der Waals surface area contributed by atoms with Crippen LogP contribution in [0.25, 0.3) is 10.9 Å². The molecule has 3 heteroatoms. The fourth-order valence-electron chi connectivity index (χ4n) is 3.45. The molecule has 0 spiro atoms. The number of para-hydroxylation sites is 1. The standard InChI is InChI=1S/C17H21NO2/c1-4-20-16(19)10-15-12(3)18-11(2)8-9-13-6-5-7-14(15)17(13)18/h5-7,11H,4,8-10H2,1-3H3. The van der Waals surface area contributed by atoms with Crippen LogP contribution < -0.4 is 0 Å². The van der Waals surface area contributed by atoms with Crippen molar-refractivity contribution in [2.24, 2.45) is 0 Å². The first kappa shape index (κ1) is 13.2. The van der Waals surface area contributed by atoms with Gasteiger partial charge in [-0.05, 0) is 44.7 Å². The molecule has 0 fully saturated rings. The highest BCUT2D eigenvalue weighted by Crippen LogP contribution is 2.37. The van der Waals surface area contributed by atoms with Gasteiger partial charge in [0.1, 0.15) is 0 Å². The molecule has 3 nitrogen and oxygen atoms in total. The Labute approximate surface area is 119 Å². The lowest BCUT2D eigenvalue weighted by molar-refractivity contribution is -0.142. The highest BCUT2D eigenvalue weighted by molar-refractivity contribution is 5.92. The molecule has 0 amide bonds. The van der Waals surface area contributed by atoms with Gasteiger partial charge in [-0.25, -0.2) is 0 Å². The number of carbonyl (C=O) groups excluding carboxylic acids is 1. The van der Waals surface area contributed by atoms with E-state index < -0.39 is 0 Å². The van der Waals surface area contributed by atoms with Crippen LogP contribution >= 0.6 is 0 Å². The zero-order chi connectivity index (χ0) is 14.3. The Bertz CT molecular complexity index is 669. The third-order valence-corrected chi connectivity index (χ3v) is 4.38. The minimum atomic E-state index is -0.132. The topological polar surface area (TPSA) is 31.2 Å². The number of ether oxygens (including phenoxy) is 1. The maximum absolute atomic E-state index is 11.9. The molecule has 2 heterocycles. The van der Waals surface area contributed by atoms with Crippen LogP contribution in [0.3, 0.4) is 0 Å². The zero-order valence-corrected chi connectivity index (χ0v) is 12.4. The maximum atomic E-state index is 11.9. The summed E-state index contributed by atoms with van der Waals surface area (Å²) in [5.41, 5.74) is 5.07. The molecule has 20 heavy (non-hydrogen) atoms. The molecular formula is C17H21NO2. The second kappa shape index (κ2) is 4.97. The largest absolute Gasteiger partial charge is 0.466 e. The molecule has 1 aromatic carbocycles. The lowest BCUT2D eigenvalue weighted by Gasteiger charge is -2.24. The molecule has 0 saturated heterocycles. The van der Waals surface area contributed by atoms with Gasteiger partial charge in [0.2, 0.25) is 0 Å². The summed E-state index contributed by atoms with van der Waals surface area (Å²) in [5, 5.41) is 1.22. The number of carbonyl (C=O) groups is 1. The quantitative estimate of drug-likeness (QED) is 0.799. The Morgan fingerprint density at radius 1 is 1.45 bits per heavy atom. The van der Waals surface area contributed by atoms with E-state index in [0.717, 1.165) is 12.0 Å². The first-order valence-electron chi connectivity index (χ1n) is 7.40. The van der Waals surface area contributed by atoms with Crippen molar-refractivity contribution < 1.29 is 9.53 Å². The van der Waals surface area contributed by atoms with Crippen LogP contribution in [0.5, 0.6) is 0 Å². The van der Waals surface area contributed by atoms with Gasteiger partial charge in [-0.15, -0.1) is 0 Å². The lowest BCUT2D eigenvalue weighted by Crippen LogP contribution is -2.14. The Morgan fingerprint density at radius 2 is 2.25 bits per heavy atom. The summed E-state index contributed by atoms with van der Waals surface area (Å²) < 4.78 is 7.52. The molecule has 2 aromatic rings. The van der Waals surface area contributed by atoms with Crippen molar-refractivity contribution >= 4 is 16.9 Å². The van der Waals surface area contributed by atoms with Crippen LogP contribution in [-0.4, -0.2) is 17.1 Å². The first-order valence-corrected chi connectivity index (χ1v) is 7.40. The second-order valence-electron chi connectivity index (χ2n) is 5.62. The number of aryl methyl sites for hydroxylation is 1.